The van der Waals surface area contributed by atoms with Crippen molar-refractivity contribution < 1.29 is 14.3 Å². The monoisotopic (exact) mass is 227 g/mol. The molecule has 5 heteroatoms. The lowest BCUT2D eigenvalue weighted by Gasteiger charge is -1.92. The quantitative estimate of drug-likeness (QED) is 0.823. The fourth-order valence-electron chi connectivity index (χ4n) is 1.47. The summed E-state index contributed by atoms with van der Waals surface area (Å²) >= 11 is 0. The van der Waals surface area contributed by atoms with E-state index >= 15 is 0 Å². The number of carboxylic acids is 1. The summed E-state index contributed by atoms with van der Waals surface area (Å²) in [5.41, 5.74) is 6.59. The van der Waals surface area contributed by atoms with E-state index in [1.165, 1.54) is 0 Å². The van der Waals surface area contributed by atoms with Crippen LogP contribution in [0, 0.1) is 0 Å². The molecule has 0 bridgehead atoms. The van der Waals surface area contributed by atoms with Crippen molar-refractivity contribution in [3.8, 4) is 0 Å². The topological polar surface area (TPSA) is 76.5 Å². The molecule has 80 valence electrons. The van der Waals surface area contributed by atoms with Gasteiger partial charge in [0.1, 0.15) is 5.58 Å². The Bertz CT molecular complexity index is 492. The third-order valence-electron chi connectivity index (χ3n) is 2.10. The van der Waals surface area contributed by atoms with E-state index in [0.29, 0.717) is 11.1 Å². The van der Waals surface area contributed by atoms with Gasteiger partial charge in [-0.1, -0.05) is 18.2 Å². The van der Waals surface area contributed by atoms with Crippen LogP contribution >= 0.6 is 12.4 Å². The van der Waals surface area contributed by atoms with E-state index in [1.807, 2.05) is 6.07 Å². The first kappa shape index (κ1) is 11.6. The lowest BCUT2D eigenvalue weighted by atomic mass is 10.1. The molecule has 0 fully saturated rings. The second kappa shape index (κ2) is 4.33. The molecule has 0 unspecified atom stereocenters. The first-order chi connectivity index (χ1) is 6.74. The van der Waals surface area contributed by atoms with Crippen molar-refractivity contribution in [2.24, 2.45) is 5.73 Å². The van der Waals surface area contributed by atoms with Crippen LogP contribution in [0.2, 0.25) is 0 Å². The molecule has 2 rings (SSSR count). The molecule has 0 aliphatic rings. The molecule has 0 amide bonds. The normalized spacial score (nSPS) is 9.93. The molecule has 0 saturated heterocycles. The number of nitrogens with two attached hydrogens (primary N) is 1. The third kappa shape index (κ3) is 1.82. The number of benzene rings is 1. The minimum Gasteiger partial charge on any atom is -0.475 e. The second-order valence-electron chi connectivity index (χ2n) is 2.92. The standard InChI is InChI=1S/C10H9NO3.ClH/c11-5-7-6-3-1-2-4-8(6)14-9(7)10(12)13;/h1-4H,5,11H2,(H,12,13);1H. The molecule has 1 heterocycles. The van der Waals surface area contributed by atoms with E-state index in [9.17, 15) is 4.79 Å². The van der Waals surface area contributed by atoms with E-state index < -0.39 is 5.97 Å². The Balaban J connectivity index is 0.00000112. The number of hydrogen-bond acceptors (Lipinski definition) is 3. The Morgan fingerprint density at radius 2 is 2.07 bits per heavy atom. The minimum absolute atomic E-state index is 0. The number of carboxylic acid groups (broad SMARTS) is 1. The first-order valence-electron chi connectivity index (χ1n) is 4.18. The van der Waals surface area contributed by atoms with Gasteiger partial charge in [0.05, 0.1) is 0 Å². The zero-order valence-electron chi connectivity index (χ0n) is 7.77. The molecule has 0 radical (unpaired) electrons. The molecule has 15 heavy (non-hydrogen) atoms. The van der Waals surface area contributed by atoms with E-state index in [2.05, 4.69) is 0 Å². The van der Waals surface area contributed by atoms with Gasteiger partial charge >= 0.3 is 5.97 Å². The van der Waals surface area contributed by atoms with Crippen LogP contribution in [0.5, 0.6) is 0 Å². The van der Waals surface area contributed by atoms with Crippen LogP contribution in [0.3, 0.4) is 0 Å². The maximum Gasteiger partial charge on any atom is 0.372 e. The summed E-state index contributed by atoms with van der Waals surface area (Å²) < 4.78 is 5.17. The van der Waals surface area contributed by atoms with Crippen LogP contribution in [-0.4, -0.2) is 11.1 Å². The molecular formula is C10H10ClNO3. The summed E-state index contributed by atoms with van der Waals surface area (Å²) in [6, 6.07) is 7.13. The van der Waals surface area contributed by atoms with E-state index in [0.717, 1.165) is 5.39 Å². The predicted molar refractivity (Wildman–Crippen MR) is 58.3 cm³/mol. The second-order valence-corrected chi connectivity index (χ2v) is 2.92. The predicted octanol–water partition coefficient (Wildman–Crippen LogP) is 2.01. The van der Waals surface area contributed by atoms with Crippen molar-refractivity contribution in [2.45, 2.75) is 6.54 Å². The maximum absolute atomic E-state index is 10.8. The average molecular weight is 228 g/mol. The highest BCUT2D eigenvalue weighted by molar-refractivity contribution is 5.95. The van der Waals surface area contributed by atoms with E-state index in [1.54, 1.807) is 18.2 Å². The molecular weight excluding hydrogens is 218 g/mol. The average Bonchev–Trinajstić information content (AvgIpc) is 2.56. The van der Waals surface area contributed by atoms with Crippen LogP contribution in [-0.2, 0) is 6.54 Å². The van der Waals surface area contributed by atoms with E-state index in [4.69, 9.17) is 15.3 Å². The summed E-state index contributed by atoms with van der Waals surface area (Å²) in [5.74, 6) is -1.14. The number of fused-ring (bicyclic) bond motifs is 1. The van der Waals surface area contributed by atoms with Gasteiger partial charge in [-0.15, -0.1) is 12.4 Å². The zero-order valence-corrected chi connectivity index (χ0v) is 8.58. The van der Waals surface area contributed by atoms with Gasteiger partial charge in [0.25, 0.3) is 0 Å². The molecule has 0 aliphatic heterocycles. The molecule has 3 N–H and O–H groups in total. The van der Waals surface area contributed by atoms with Crippen LogP contribution in [0.15, 0.2) is 28.7 Å². The highest BCUT2D eigenvalue weighted by atomic mass is 35.5. The smallest absolute Gasteiger partial charge is 0.372 e. The van der Waals surface area contributed by atoms with Crippen molar-refractivity contribution in [3.05, 3.63) is 35.6 Å². The summed E-state index contributed by atoms with van der Waals surface area (Å²) in [6.07, 6.45) is 0. The zero-order chi connectivity index (χ0) is 10.1. The Morgan fingerprint density at radius 3 is 2.67 bits per heavy atom. The van der Waals surface area contributed by atoms with Gasteiger partial charge in [0, 0.05) is 17.5 Å². The van der Waals surface area contributed by atoms with Gasteiger partial charge < -0.3 is 15.3 Å². The Kier molecular flexibility index (Phi) is 3.34. The third-order valence-corrected chi connectivity index (χ3v) is 2.10. The molecule has 0 saturated carbocycles. The lowest BCUT2D eigenvalue weighted by Crippen LogP contribution is -2.03. The highest BCUT2D eigenvalue weighted by Crippen LogP contribution is 2.25. The number of furan rings is 1. The van der Waals surface area contributed by atoms with Gasteiger partial charge in [-0.05, 0) is 6.07 Å². The van der Waals surface area contributed by atoms with Crippen LogP contribution < -0.4 is 5.73 Å². The minimum atomic E-state index is -1.08. The van der Waals surface area contributed by atoms with Crippen molar-refractivity contribution in [3.63, 3.8) is 0 Å². The fraction of sp³-hybridized carbons (Fsp3) is 0.100. The summed E-state index contributed by atoms with van der Waals surface area (Å²) in [4.78, 5) is 10.8. The van der Waals surface area contributed by atoms with Gasteiger partial charge in [0.2, 0.25) is 5.76 Å². The molecule has 1 aromatic heterocycles. The highest BCUT2D eigenvalue weighted by Gasteiger charge is 2.17. The fourth-order valence-corrected chi connectivity index (χ4v) is 1.47. The SMILES string of the molecule is Cl.NCc1c(C(=O)O)oc2ccccc12. The molecule has 0 atom stereocenters. The van der Waals surface area contributed by atoms with Gasteiger partial charge in [-0.2, -0.15) is 0 Å². The van der Waals surface area contributed by atoms with Crippen LogP contribution in [0.25, 0.3) is 11.0 Å². The van der Waals surface area contributed by atoms with Crippen molar-refractivity contribution >= 4 is 29.3 Å². The number of rotatable bonds is 2. The number of aromatic carboxylic acids is 1. The lowest BCUT2D eigenvalue weighted by molar-refractivity contribution is 0.0663. The summed E-state index contributed by atoms with van der Waals surface area (Å²) in [6.45, 7) is 0.165. The van der Waals surface area contributed by atoms with E-state index in [-0.39, 0.29) is 24.7 Å². The van der Waals surface area contributed by atoms with Gasteiger partial charge in [-0.3, -0.25) is 0 Å². The maximum atomic E-state index is 10.8. The Morgan fingerprint density at radius 1 is 1.40 bits per heavy atom. The molecule has 0 aliphatic carbocycles. The summed E-state index contributed by atoms with van der Waals surface area (Å²) in [7, 11) is 0. The van der Waals surface area contributed by atoms with Crippen molar-refractivity contribution in [1.29, 1.82) is 0 Å². The van der Waals surface area contributed by atoms with Crippen molar-refractivity contribution in [1.82, 2.24) is 0 Å². The number of halogens is 1. The number of para-hydroxylation sites is 1. The Labute approximate surface area is 92.1 Å². The van der Waals surface area contributed by atoms with Crippen LogP contribution in [0.1, 0.15) is 16.1 Å². The van der Waals surface area contributed by atoms with Crippen LogP contribution in [0.4, 0.5) is 0 Å². The molecule has 0 spiro atoms. The molecule has 1 aromatic carbocycles. The Hall–Kier alpha value is -1.52. The van der Waals surface area contributed by atoms with Crippen molar-refractivity contribution in [2.75, 3.05) is 0 Å². The largest absolute Gasteiger partial charge is 0.475 e. The molecule has 4 nitrogen and oxygen atoms in total. The number of hydrogen-bond donors (Lipinski definition) is 2. The summed E-state index contributed by atoms with van der Waals surface area (Å²) in [5, 5.41) is 9.62. The number of carbonyl (C=O) groups is 1. The first-order valence-corrected chi connectivity index (χ1v) is 4.18. The van der Waals surface area contributed by atoms with Gasteiger partial charge in [-0.25, -0.2) is 4.79 Å². The van der Waals surface area contributed by atoms with Gasteiger partial charge in [0.15, 0.2) is 0 Å². The molecule has 2 aromatic rings.